The van der Waals surface area contributed by atoms with Gasteiger partial charge in [-0.2, -0.15) is 0 Å². The fraction of sp³-hybridized carbons (Fsp3) is 0.150. The molecule has 1 amide bonds. The van der Waals surface area contributed by atoms with E-state index in [2.05, 4.69) is 10.1 Å². The number of carbonyl (C=O) groups excluding carboxylic acids is 2. The highest BCUT2D eigenvalue weighted by Crippen LogP contribution is 2.27. The molecule has 0 aliphatic carbocycles. The van der Waals surface area contributed by atoms with E-state index in [0.717, 1.165) is 11.1 Å². The van der Waals surface area contributed by atoms with Gasteiger partial charge < -0.3 is 20.5 Å². The molecule has 1 aliphatic heterocycles. The molecule has 0 bridgehead atoms. The Morgan fingerprint density at radius 2 is 1.79 bits per heavy atom. The standard InChI is InChI=1S/C20H18N2O4S2/c1-25-19(24)16(21)10-12-2-6-14(7-3-12)26-15-8-4-13(5-9-15)11-17-18(23)22-20(27)28-17/h2-9,11,16H,10,21H2,1H3,(H,22,23,27)/b17-11-/t16-/m0/s1. The highest BCUT2D eigenvalue weighted by atomic mass is 32.2. The van der Waals surface area contributed by atoms with Crippen molar-refractivity contribution in [2.24, 2.45) is 5.73 Å². The molecule has 0 radical (unpaired) electrons. The van der Waals surface area contributed by atoms with Crippen LogP contribution in [0.25, 0.3) is 6.08 Å². The van der Waals surface area contributed by atoms with Crippen molar-refractivity contribution >= 4 is 46.3 Å². The molecule has 1 heterocycles. The smallest absolute Gasteiger partial charge is 0.322 e. The average molecular weight is 415 g/mol. The first-order chi connectivity index (χ1) is 13.4. The van der Waals surface area contributed by atoms with Crippen LogP contribution in [0.4, 0.5) is 0 Å². The van der Waals surface area contributed by atoms with Crippen LogP contribution in [-0.2, 0) is 20.7 Å². The zero-order valence-corrected chi connectivity index (χ0v) is 16.6. The van der Waals surface area contributed by atoms with Gasteiger partial charge in [-0.1, -0.05) is 48.2 Å². The van der Waals surface area contributed by atoms with Crippen LogP contribution in [-0.4, -0.2) is 29.3 Å². The lowest BCUT2D eigenvalue weighted by Gasteiger charge is -2.10. The lowest BCUT2D eigenvalue weighted by atomic mass is 10.1. The summed E-state index contributed by atoms with van der Waals surface area (Å²) in [7, 11) is 1.32. The van der Waals surface area contributed by atoms with Gasteiger partial charge in [0.15, 0.2) is 0 Å². The number of methoxy groups -OCH3 is 1. The largest absolute Gasteiger partial charge is 0.468 e. The number of thiocarbonyl (C=S) groups is 1. The minimum absolute atomic E-state index is 0.178. The monoisotopic (exact) mass is 414 g/mol. The number of carbonyl (C=O) groups is 2. The molecule has 28 heavy (non-hydrogen) atoms. The second-order valence-electron chi connectivity index (χ2n) is 6.00. The van der Waals surface area contributed by atoms with Crippen molar-refractivity contribution in [2.75, 3.05) is 7.11 Å². The predicted molar refractivity (Wildman–Crippen MR) is 113 cm³/mol. The summed E-state index contributed by atoms with van der Waals surface area (Å²) in [5.41, 5.74) is 7.56. The van der Waals surface area contributed by atoms with Gasteiger partial charge in [0.05, 0.1) is 12.0 Å². The van der Waals surface area contributed by atoms with Gasteiger partial charge >= 0.3 is 5.97 Å². The fourth-order valence-corrected chi connectivity index (χ4v) is 3.57. The molecule has 1 aliphatic rings. The second-order valence-corrected chi connectivity index (χ2v) is 7.72. The Labute approximate surface area is 172 Å². The van der Waals surface area contributed by atoms with E-state index in [0.29, 0.717) is 27.1 Å². The Kier molecular flexibility index (Phi) is 6.45. The summed E-state index contributed by atoms with van der Waals surface area (Å²) < 4.78 is 10.9. The van der Waals surface area contributed by atoms with Crippen LogP contribution in [0, 0.1) is 0 Å². The third-order valence-corrected chi connectivity index (χ3v) is 5.10. The zero-order chi connectivity index (χ0) is 20.1. The van der Waals surface area contributed by atoms with Crippen LogP contribution in [0.1, 0.15) is 11.1 Å². The first-order valence-electron chi connectivity index (χ1n) is 8.40. The van der Waals surface area contributed by atoms with Crippen LogP contribution in [0.2, 0.25) is 0 Å². The summed E-state index contributed by atoms with van der Waals surface area (Å²) in [6.07, 6.45) is 2.17. The maximum Gasteiger partial charge on any atom is 0.322 e. The van der Waals surface area contributed by atoms with E-state index >= 15 is 0 Å². The number of hydrogen-bond acceptors (Lipinski definition) is 7. The molecule has 1 atom stereocenters. The lowest BCUT2D eigenvalue weighted by Crippen LogP contribution is -2.33. The van der Waals surface area contributed by atoms with Gasteiger partial charge in [-0.3, -0.25) is 9.59 Å². The quantitative estimate of drug-likeness (QED) is 0.427. The van der Waals surface area contributed by atoms with E-state index in [1.165, 1.54) is 18.9 Å². The average Bonchev–Trinajstić information content (AvgIpc) is 3.01. The minimum Gasteiger partial charge on any atom is -0.468 e. The summed E-state index contributed by atoms with van der Waals surface area (Å²) in [5, 5.41) is 2.59. The van der Waals surface area contributed by atoms with Gasteiger partial charge in [-0.05, 0) is 47.9 Å². The Bertz CT molecular complexity index is 924. The van der Waals surface area contributed by atoms with Gasteiger partial charge in [0, 0.05) is 0 Å². The van der Waals surface area contributed by atoms with E-state index < -0.39 is 12.0 Å². The predicted octanol–water partition coefficient (Wildman–Crippen LogP) is 3.01. The third-order valence-electron chi connectivity index (χ3n) is 3.94. The highest BCUT2D eigenvalue weighted by molar-refractivity contribution is 8.26. The molecule has 0 unspecified atom stereocenters. The first-order valence-corrected chi connectivity index (χ1v) is 9.62. The number of benzene rings is 2. The molecule has 2 aromatic rings. The number of nitrogens with two attached hydrogens (primary N) is 1. The summed E-state index contributed by atoms with van der Waals surface area (Å²) in [6, 6.07) is 14.0. The molecule has 3 N–H and O–H groups in total. The van der Waals surface area contributed by atoms with E-state index in [9.17, 15) is 9.59 Å². The summed E-state index contributed by atoms with van der Waals surface area (Å²) in [4.78, 5) is 23.7. The van der Waals surface area contributed by atoms with E-state index in [1.54, 1.807) is 6.08 Å². The molecule has 1 saturated heterocycles. The molecule has 3 rings (SSSR count). The normalized spacial score (nSPS) is 16.0. The number of rotatable bonds is 6. The molecule has 6 nitrogen and oxygen atoms in total. The summed E-state index contributed by atoms with van der Waals surface area (Å²) >= 11 is 6.22. The third kappa shape index (κ3) is 5.19. The Balaban J connectivity index is 1.61. The van der Waals surface area contributed by atoms with Crippen molar-refractivity contribution in [3.8, 4) is 11.5 Å². The number of ether oxygens (including phenoxy) is 2. The van der Waals surface area contributed by atoms with Crippen LogP contribution >= 0.6 is 24.0 Å². The first kappa shape index (κ1) is 20.1. The maximum atomic E-state index is 11.7. The molecule has 0 aromatic heterocycles. The number of hydrogen-bond donors (Lipinski definition) is 2. The number of thioether (sulfide) groups is 1. The van der Waals surface area contributed by atoms with Crippen molar-refractivity contribution in [1.29, 1.82) is 0 Å². The van der Waals surface area contributed by atoms with Crippen LogP contribution in [0.3, 0.4) is 0 Å². The number of esters is 1. The van der Waals surface area contributed by atoms with Gasteiger partial charge in [0.2, 0.25) is 0 Å². The maximum absolute atomic E-state index is 11.7. The number of amides is 1. The van der Waals surface area contributed by atoms with Crippen LogP contribution < -0.4 is 15.8 Å². The lowest BCUT2D eigenvalue weighted by molar-refractivity contribution is -0.142. The Morgan fingerprint density at radius 3 is 2.32 bits per heavy atom. The molecule has 0 saturated carbocycles. The molecule has 8 heteroatoms. The van der Waals surface area contributed by atoms with Gasteiger partial charge in [-0.25, -0.2) is 0 Å². The topological polar surface area (TPSA) is 90.7 Å². The molecule has 144 valence electrons. The van der Waals surface area contributed by atoms with E-state index in [1.807, 2.05) is 48.5 Å². The molecular weight excluding hydrogens is 396 g/mol. The van der Waals surface area contributed by atoms with Crippen molar-refractivity contribution in [3.05, 3.63) is 64.6 Å². The van der Waals surface area contributed by atoms with Crippen molar-refractivity contribution < 1.29 is 19.1 Å². The van der Waals surface area contributed by atoms with Crippen molar-refractivity contribution in [3.63, 3.8) is 0 Å². The van der Waals surface area contributed by atoms with Crippen LogP contribution in [0.5, 0.6) is 11.5 Å². The molecule has 2 aromatic carbocycles. The van der Waals surface area contributed by atoms with Gasteiger partial charge in [0.1, 0.15) is 21.9 Å². The minimum atomic E-state index is -0.687. The van der Waals surface area contributed by atoms with Crippen LogP contribution in [0.15, 0.2) is 53.4 Å². The zero-order valence-electron chi connectivity index (χ0n) is 15.0. The summed E-state index contributed by atoms with van der Waals surface area (Å²) in [5.74, 6) is 0.714. The molecular formula is C20H18N2O4S2. The highest BCUT2D eigenvalue weighted by Gasteiger charge is 2.21. The molecule has 0 spiro atoms. The Hall–Kier alpha value is -2.68. The van der Waals surface area contributed by atoms with Crippen molar-refractivity contribution in [1.82, 2.24) is 5.32 Å². The van der Waals surface area contributed by atoms with Crippen molar-refractivity contribution in [2.45, 2.75) is 12.5 Å². The molecule has 1 fully saturated rings. The second kappa shape index (κ2) is 9.01. The van der Waals surface area contributed by atoms with Gasteiger partial charge in [0.25, 0.3) is 5.91 Å². The number of nitrogens with one attached hydrogen (secondary N) is 1. The SMILES string of the molecule is COC(=O)[C@@H](N)Cc1ccc(Oc2ccc(/C=C3\SC(=S)NC3=O)cc2)cc1. The van der Waals surface area contributed by atoms with Gasteiger partial charge in [-0.15, -0.1) is 0 Å². The summed E-state index contributed by atoms with van der Waals surface area (Å²) in [6.45, 7) is 0. The fourth-order valence-electron chi connectivity index (χ4n) is 2.52. The Morgan fingerprint density at radius 1 is 1.18 bits per heavy atom. The van der Waals surface area contributed by atoms with E-state index in [4.69, 9.17) is 22.7 Å². The van der Waals surface area contributed by atoms with E-state index in [-0.39, 0.29) is 5.91 Å².